The van der Waals surface area contributed by atoms with Crippen LogP contribution in [-0.4, -0.2) is 14.7 Å². The molecule has 1 N–H and O–H groups in total. The Kier molecular flexibility index (Phi) is 2.72. The van der Waals surface area contributed by atoms with E-state index in [1.165, 1.54) is 6.07 Å². The van der Waals surface area contributed by atoms with E-state index in [9.17, 15) is 9.90 Å². The van der Waals surface area contributed by atoms with Crippen LogP contribution in [0.1, 0.15) is 11.4 Å². The van der Waals surface area contributed by atoms with Gasteiger partial charge in [-0.2, -0.15) is 0 Å². The van der Waals surface area contributed by atoms with Gasteiger partial charge in [0.1, 0.15) is 5.75 Å². The summed E-state index contributed by atoms with van der Waals surface area (Å²) in [7, 11) is 0. The fraction of sp³-hybridized carbons (Fsp3) is 0.167. The van der Waals surface area contributed by atoms with Crippen molar-refractivity contribution in [2.45, 2.75) is 13.5 Å². The van der Waals surface area contributed by atoms with E-state index >= 15 is 0 Å². The van der Waals surface area contributed by atoms with Crippen molar-refractivity contribution in [2.24, 2.45) is 0 Å². The van der Waals surface area contributed by atoms with E-state index in [2.05, 4.69) is 4.98 Å². The molecule has 0 saturated heterocycles. The van der Waals surface area contributed by atoms with Crippen LogP contribution in [0.5, 0.6) is 5.75 Å². The highest BCUT2D eigenvalue weighted by Gasteiger charge is 2.03. The highest BCUT2D eigenvalue weighted by molar-refractivity contribution is 5.22. The van der Waals surface area contributed by atoms with Crippen molar-refractivity contribution in [1.29, 1.82) is 0 Å². The van der Waals surface area contributed by atoms with Crippen molar-refractivity contribution in [3.8, 4) is 5.75 Å². The number of hydrogen-bond donors (Lipinski definition) is 1. The largest absolute Gasteiger partial charge is 0.508 e. The van der Waals surface area contributed by atoms with Crippen molar-refractivity contribution >= 4 is 0 Å². The van der Waals surface area contributed by atoms with Gasteiger partial charge in [-0.05, 0) is 25.1 Å². The summed E-state index contributed by atoms with van der Waals surface area (Å²) in [6, 6.07) is 8.33. The highest BCUT2D eigenvalue weighted by atomic mass is 16.3. The van der Waals surface area contributed by atoms with E-state index in [1.807, 2.05) is 18.2 Å². The molecule has 2 aromatic heterocycles. The smallest absolute Gasteiger partial charge is 0.254 e. The third-order valence-electron chi connectivity index (χ3n) is 2.37. The maximum atomic E-state index is 11.6. The molecule has 0 aliphatic rings. The first kappa shape index (κ1) is 10.4. The molecule has 82 valence electrons. The predicted octanol–water partition coefficient (Wildman–Crippen LogP) is 1.31. The van der Waals surface area contributed by atoms with Crippen molar-refractivity contribution in [2.75, 3.05) is 0 Å². The molecular weight excluding hydrogens is 204 g/mol. The summed E-state index contributed by atoms with van der Waals surface area (Å²) in [5.41, 5.74) is 1.32. The zero-order valence-electron chi connectivity index (χ0n) is 8.92. The minimum Gasteiger partial charge on any atom is -0.508 e. The van der Waals surface area contributed by atoms with Gasteiger partial charge in [-0.1, -0.05) is 6.07 Å². The van der Waals surface area contributed by atoms with Crippen LogP contribution in [0.4, 0.5) is 0 Å². The Morgan fingerprint density at radius 3 is 2.81 bits per heavy atom. The normalized spacial score (nSPS) is 10.3. The summed E-state index contributed by atoms with van der Waals surface area (Å²) in [5, 5.41) is 9.26. The molecule has 0 bridgehead atoms. The zero-order valence-corrected chi connectivity index (χ0v) is 8.92. The lowest BCUT2D eigenvalue weighted by molar-refractivity contribution is 0.470. The van der Waals surface area contributed by atoms with E-state index in [0.717, 1.165) is 11.4 Å². The van der Waals surface area contributed by atoms with Crippen LogP contribution in [-0.2, 0) is 6.54 Å². The minimum atomic E-state index is -0.219. The van der Waals surface area contributed by atoms with Crippen molar-refractivity contribution in [3.63, 3.8) is 0 Å². The predicted molar refractivity (Wildman–Crippen MR) is 60.4 cm³/mol. The van der Waals surface area contributed by atoms with Crippen LogP contribution in [0.3, 0.4) is 0 Å². The third-order valence-corrected chi connectivity index (χ3v) is 2.37. The molecular formula is C12H12N2O2. The molecule has 2 heterocycles. The summed E-state index contributed by atoms with van der Waals surface area (Å²) in [6.07, 6.45) is 1.69. The molecule has 0 aliphatic heterocycles. The van der Waals surface area contributed by atoms with Gasteiger partial charge in [-0.25, -0.2) is 0 Å². The molecule has 0 amide bonds. The van der Waals surface area contributed by atoms with Crippen LogP contribution in [0, 0.1) is 6.92 Å². The number of nitrogens with zero attached hydrogens (tertiary/aromatic N) is 2. The second kappa shape index (κ2) is 4.18. The van der Waals surface area contributed by atoms with Gasteiger partial charge in [-0.15, -0.1) is 0 Å². The van der Waals surface area contributed by atoms with E-state index in [0.29, 0.717) is 6.54 Å². The monoisotopic (exact) mass is 216 g/mol. The van der Waals surface area contributed by atoms with E-state index in [1.54, 1.807) is 23.8 Å². The molecule has 0 unspecified atom stereocenters. The molecule has 0 saturated carbocycles. The number of pyridine rings is 2. The Labute approximate surface area is 92.8 Å². The average molecular weight is 216 g/mol. The first-order chi connectivity index (χ1) is 7.66. The molecule has 16 heavy (non-hydrogen) atoms. The van der Waals surface area contributed by atoms with Gasteiger partial charge in [0.2, 0.25) is 0 Å². The number of aromatic hydroxyl groups is 1. The van der Waals surface area contributed by atoms with Crippen LogP contribution < -0.4 is 5.56 Å². The lowest BCUT2D eigenvalue weighted by Crippen LogP contribution is -2.22. The number of rotatable bonds is 2. The van der Waals surface area contributed by atoms with E-state index in [-0.39, 0.29) is 11.3 Å². The Morgan fingerprint density at radius 1 is 1.38 bits per heavy atom. The molecule has 2 rings (SSSR count). The fourth-order valence-corrected chi connectivity index (χ4v) is 1.57. The zero-order chi connectivity index (χ0) is 11.5. The van der Waals surface area contributed by atoms with Gasteiger partial charge in [0.15, 0.2) is 0 Å². The van der Waals surface area contributed by atoms with Gasteiger partial charge in [-0.3, -0.25) is 9.78 Å². The van der Waals surface area contributed by atoms with E-state index in [4.69, 9.17) is 0 Å². The molecule has 4 nitrogen and oxygen atoms in total. The molecule has 2 aromatic rings. The van der Waals surface area contributed by atoms with Crippen molar-refractivity contribution < 1.29 is 5.11 Å². The summed E-state index contributed by atoms with van der Waals surface area (Å²) >= 11 is 0. The molecule has 0 fully saturated rings. The van der Waals surface area contributed by atoms with Gasteiger partial charge in [0, 0.05) is 18.0 Å². The molecule has 0 atom stereocenters. The third kappa shape index (κ3) is 2.11. The SMILES string of the molecule is Cc1cc(O)cc(=O)n1Cc1ccccn1. The molecule has 0 spiro atoms. The van der Waals surface area contributed by atoms with Crippen LogP contribution in [0.25, 0.3) is 0 Å². The molecule has 4 heteroatoms. The number of aromatic nitrogens is 2. The summed E-state index contributed by atoms with van der Waals surface area (Å²) < 4.78 is 1.57. The highest BCUT2D eigenvalue weighted by Crippen LogP contribution is 2.08. The Hall–Kier alpha value is -2.10. The summed E-state index contributed by atoms with van der Waals surface area (Å²) in [5.74, 6) is -0.000212. The average Bonchev–Trinajstić information content (AvgIpc) is 2.25. The first-order valence-corrected chi connectivity index (χ1v) is 4.97. The topological polar surface area (TPSA) is 55.1 Å². The summed E-state index contributed by atoms with van der Waals surface area (Å²) in [6.45, 7) is 2.20. The lowest BCUT2D eigenvalue weighted by atomic mass is 10.3. The maximum absolute atomic E-state index is 11.6. The van der Waals surface area contributed by atoms with Gasteiger partial charge >= 0.3 is 0 Å². The Bertz CT molecular complexity index is 547. The second-order valence-corrected chi connectivity index (χ2v) is 3.60. The molecule has 0 aliphatic carbocycles. The minimum absolute atomic E-state index is 0.000212. The fourth-order valence-electron chi connectivity index (χ4n) is 1.57. The van der Waals surface area contributed by atoms with E-state index < -0.39 is 0 Å². The first-order valence-electron chi connectivity index (χ1n) is 4.97. The Balaban J connectivity index is 2.39. The van der Waals surface area contributed by atoms with Gasteiger partial charge < -0.3 is 9.67 Å². The number of hydrogen-bond acceptors (Lipinski definition) is 3. The standard InChI is InChI=1S/C12H12N2O2/c1-9-6-11(15)7-12(16)14(9)8-10-4-2-3-5-13-10/h2-7,15H,8H2,1H3. The summed E-state index contributed by atoms with van der Waals surface area (Å²) in [4.78, 5) is 15.8. The second-order valence-electron chi connectivity index (χ2n) is 3.60. The van der Waals surface area contributed by atoms with Gasteiger partial charge in [0.25, 0.3) is 5.56 Å². The van der Waals surface area contributed by atoms with Crippen molar-refractivity contribution in [1.82, 2.24) is 9.55 Å². The quantitative estimate of drug-likeness (QED) is 0.823. The van der Waals surface area contributed by atoms with Crippen LogP contribution >= 0.6 is 0 Å². The molecule has 0 radical (unpaired) electrons. The van der Waals surface area contributed by atoms with Gasteiger partial charge in [0.05, 0.1) is 12.2 Å². The molecule has 0 aromatic carbocycles. The van der Waals surface area contributed by atoms with Crippen LogP contribution in [0.2, 0.25) is 0 Å². The Morgan fingerprint density at radius 2 is 2.19 bits per heavy atom. The van der Waals surface area contributed by atoms with Crippen LogP contribution in [0.15, 0.2) is 41.3 Å². The number of aryl methyl sites for hydroxylation is 1. The van der Waals surface area contributed by atoms with Crippen molar-refractivity contribution in [3.05, 3.63) is 58.3 Å². The lowest BCUT2D eigenvalue weighted by Gasteiger charge is -2.09. The maximum Gasteiger partial charge on any atom is 0.254 e.